The van der Waals surface area contributed by atoms with Crippen LogP contribution in [0.25, 0.3) is 0 Å². The number of aromatic hydroxyl groups is 1. The Morgan fingerprint density at radius 2 is 0.936 bits per heavy atom. The van der Waals surface area contributed by atoms with E-state index in [-0.39, 0.29) is 112 Å². The number of ketones is 4. The molecule has 26 atom stereocenters. The number of aliphatic hydroxyl groups excluding tert-OH is 1. The molecule has 0 radical (unpaired) electrons. The summed E-state index contributed by atoms with van der Waals surface area (Å²) in [6, 6.07) is 13.1. The number of ether oxygens (including phenoxy) is 19. The Morgan fingerprint density at radius 3 is 1.41 bits per heavy atom. The molecule has 28 nitrogen and oxygen atoms in total. The lowest BCUT2D eigenvalue weighted by molar-refractivity contribution is -0.360. The van der Waals surface area contributed by atoms with Crippen molar-refractivity contribution in [1.29, 1.82) is 0 Å². The van der Waals surface area contributed by atoms with Crippen molar-refractivity contribution in [1.82, 2.24) is 0 Å². The number of hydrogen-bond donors (Lipinski definition) is 4. The molecule has 12 heterocycles. The molecule has 109 heavy (non-hydrogen) atoms. The van der Waals surface area contributed by atoms with Gasteiger partial charge in [0.05, 0.1) is 71.6 Å². The minimum atomic E-state index is -1.57. The fraction of sp³-hybridized carbons (Fsp3) is 0.642. The summed E-state index contributed by atoms with van der Waals surface area (Å²) in [7, 11) is 2.98. The molecule has 14 aliphatic rings. The van der Waals surface area contributed by atoms with Gasteiger partial charge in [-0.1, -0.05) is 58.0 Å². The van der Waals surface area contributed by atoms with Crippen LogP contribution in [-0.2, 0) is 85.3 Å². The van der Waals surface area contributed by atoms with E-state index in [1.54, 1.807) is 65.0 Å². The second-order valence-corrected chi connectivity index (χ2v) is 34.1. The number of benzene rings is 4. The molecule has 4 aromatic carbocycles. The second-order valence-electron chi connectivity index (χ2n) is 34.1. The lowest BCUT2D eigenvalue weighted by Gasteiger charge is -2.51. The van der Waals surface area contributed by atoms with Gasteiger partial charge < -0.3 is 110 Å². The molecule has 4 aromatic rings. The zero-order valence-corrected chi connectivity index (χ0v) is 64.3. The Balaban J connectivity index is 0.000000160. The van der Waals surface area contributed by atoms with E-state index in [4.69, 9.17) is 90.0 Å². The highest BCUT2D eigenvalue weighted by Crippen LogP contribution is 2.74. The Hall–Kier alpha value is -6.33. The molecule has 28 heteroatoms. The first-order chi connectivity index (χ1) is 51.2. The molecule has 2 spiro atoms. The van der Waals surface area contributed by atoms with Gasteiger partial charge in [-0.15, -0.1) is 0 Å². The van der Waals surface area contributed by atoms with Crippen molar-refractivity contribution in [3.05, 3.63) is 121 Å². The minimum Gasteiger partial charge on any atom is -0.507 e. The zero-order chi connectivity index (χ0) is 77.9. The van der Waals surface area contributed by atoms with Gasteiger partial charge >= 0.3 is 5.97 Å². The van der Waals surface area contributed by atoms with Crippen LogP contribution in [-0.4, -0.2) is 221 Å². The second kappa shape index (κ2) is 24.8. The van der Waals surface area contributed by atoms with Crippen LogP contribution in [0.5, 0.6) is 17.2 Å². The average Bonchev–Trinajstić information content (AvgIpc) is 1.46. The molecule has 18 rings (SSSR count). The van der Waals surface area contributed by atoms with Gasteiger partial charge in [0.2, 0.25) is 28.6 Å². The first kappa shape index (κ1) is 75.4. The number of hydrogen-bond acceptors (Lipinski definition) is 28. The molecular formula is C81H96O28. The van der Waals surface area contributed by atoms with Crippen LogP contribution in [0.4, 0.5) is 0 Å². The summed E-state index contributed by atoms with van der Waals surface area (Å²) in [5.41, 5.74) is -1.73. The quantitative estimate of drug-likeness (QED) is 0.0631. The number of fused-ring (bicyclic) bond motifs is 16. The monoisotopic (exact) mass is 1520 g/mol. The van der Waals surface area contributed by atoms with E-state index >= 15 is 0 Å². The molecule has 2 aliphatic carbocycles. The smallest absolute Gasteiger partial charge is 0.303 e. The van der Waals surface area contributed by atoms with Gasteiger partial charge in [0.1, 0.15) is 60.0 Å². The van der Waals surface area contributed by atoms with Gasteiger partial charge in [0, 0.05) is 91.2 Å². The molecule has 10 saturated heterocycles. The normalized spacial score (nSPS) is 42.7. The molecule has 24 unspecified atom stereocenters. The highest BCUT2D eigenvalue weighted by molar-refractivity contribution is 6.31. The van der Waals surface area contributed by atoms with Gasteiger partial charge in [-0.2, -0.15) is 0 Å². The third-order valence-corrected chi connectivity index (χ3v) is 25.8. The molecule has 588 valence electrons. The third-order valence-electron chi connectivity index (χ3n) is 25.8. The molecule has 0 amide bonds. The number of carbonyl (C=O) groups is 5. The molecule has 12 aliphatic heterocycles. The number of esters is 1. The number of phenolic OH excluding ortho intramolecular Hbond substituents is 1. The van der Waals surface area contributed by atoms with E-state index in [1.165, 1.54) is 46.3 Å². The maximum absolute atomic E-state index is 14.2. The Labute approximate surface area is 629 Å². The van der Waals surface area contributed by atoms with Crippen molar-refractivity contribution >= 4 is 29.1 Å². The van der Waals surface area contributed by atoms with E-state index in [1.807, 2.05) is 34.6 Å². The minimum absolute atomic E-state index is 0.00145. The molecular weight excluding hydrogens is 1420 g/mol. The molecule has 0 aromatic heterocycles. The average molecular weight is 1520 g/mol. The van der Waals surface area contributed by atoms with E-state index in [2.05, 4.69) is 27.7 Å². The van der Waals surface area contributed by atoms with E-state index in [0.29, 0.717) is 51.8 Å². The van der Waals surface area contributed by atoms with Gasteiger partial charge in [0.25, 0.3) is 11.6 Å². The highest BCUT2D eigenvalue weighted by atomic mass is 16.9. The third kappa shape index (κ3) is 10.4. The predicted molar refractivity (Wildman–Crippen MR) is 373 cm³/mol. The summed E-state index contributed by atoms with van der Waals surface area (Å²) in [4.78, 5) is 67.8. The van der Waals surface area contributed by atoms with Gasteiger partial charge in [-0.25, -0.2) is 0 Å². The predicted octanol–water partition coefficient (Wildman–Crippen LogP) is 7.86. The van der Waals surface area contributed by atoms with Crippen LogP contribution in [0, 0.1) is 31.6 Å². The van der Waals surface area contributed by atoms with E-state index < -0.39 is 161 Å². The van der Waals surface area contributed by atoms with Crippen LogP contribution in [0.3, 0.4) is 0 Å². The highest BCUT2D eigenvalue weighted by Gasteiger charge is 2.94. The largest absolute Gasteiger partial charge is 0.507 e. The molecule has 10 fully saturated rings. The number of methoxy groups -OCH3 is 2. The van der Waals surface area contributed by atoms with Crippen molar-refractivity contribution in [2.75, 3.05) is 27.4 Å². The first-order valence-corrected chi connectivity index (χ1v) is 37.7. The summed E-state index contributed by atoms with van der Waals surface area (Å²) in [6.07, 6.45) is -11.7. The van der Waals surface area contributed by atoms with Crippen LogP contribution < -0.4 is 9.47 Å². The van der Waals surface area contributed by atoms with E-state index in [0.717, 1.165) is 0 Å². The Morgan fingerprint density at radius 1 is 0.514 bits per heavy atom. The maximum Gasteiger partial charge on any atom is 0.303 e. The number of aliphatic hydroxyl groups is 3. The molecule has 0 saturated carbocycles. The van der Waals surface area contributed by atoms with Crippen LogP contribution in [0.1, 0.15) is 219 Å². The van der Waals surface area contributed by atoms with Gasteiger partial charge in [0.15, 0.2) is 54.7 Å². The zero-order valence-electron chi connectivity index (χ0n) is 64.3. The summed E-state index contributed by atoms with van der Waals surface area (Å²) in [5, 5.41) is 43.5. The van der Waals surface area contributed by atoms with E-state index in [9.17, 15) is 44.4 Å². The fourth-order valence-electron chi connectivity index (χ4n) is 20.6. The van der Waals surface area contributed by atoms with Crippen molar-refractivity contribution in [2.24, 2.45) is 10.8 Å². The summed E-state index contributed by atoms with van der Waals surface area (Å²) < 4.78 is 123. The SMILES string of the molecule is COC12Oc3c4c(cc(C)c3C3O[C@](C(C)OC5CC(C)(C)C(OC6CC(C)(C)C(OC(C)=O)C(C)O6)C(C)O5)(OC31)C21CO1)C(=O)c1cccc(O)c1C4=O.COC12Oc3c4c(cc(C)c3C3O[C@](C(C)OC5CC(C)(O)C(OC6CC(C)(O)C(O)C(C)O6)C(C)O5)(OC31)C21CO1)C(=O)c1cccc(C)c1C4=O. The summed E-state index contributed by atoms with van der Waals surface area (Å²) in [5.74, 6) is -7.94. The van der Waals surface area contributed by atoms with Gasteiger partial charge in [-0.3, -0.25) is 24.0 Å². The topological polar surface area (TPSA) is 348 Å². The van der Waals surface area contributed by atoms with Crippen LogP contribution in [0.2, 0.25) is 0 Å². The number of epoxide rings is 2. The van der Waals surface area contributed by atoms with Crippen molar-refractivity contribution < 1.29 is 134 Å². The maximum atomic E-state index is 14.2. The Kier molecular flexibility index (Phi) is 17.2. The lowest BCUT2D eigenvalue weighted by atomic mass is 9.75. The van der Waals surface area contributed by atoms with Crippen molar-refractivity contribution in [2.45, 2.75) is 293 Å². The molecule has 4 N–H and O–H groups in total. The Bertz CT molecular complexity index is 4520. The lowest BCUT2D eigenvalue weighted by Crippen LogP contribution is -2.70. The summed E-state index contributed by atoms with van der Waals surface area (Å²) in [6.45, 7) is 29.5. The number of carbonyl (C=O) groups excluding carboxylic acids is 5. The summed E-state index contributed by atoms with van der Waals surface area (Å²) >= 11 is 0. The molecule has 4 bridgehead atoms. The number of rotatable bonds is 13. The fourth-order valence-corrected chi connectivity index (χ4v) is 20.6. The van der Waals surface area contributed by atoms with Crippen LogP contribution in [0.15, 0.2) is 48.5 Å². The number of aryl methyl sites for hydroxylation is 3. The van der Waals surface area contributed by atoms with Crippen molar-refractivity contribution in [3.63, 3.8) is 0 Å². The van der Waals surface area contributed by atoms with Crippen LogP contribution >= 0.6 is 0 Å². The number of phenols is 1. The standard InChI is InChI=1S/C42H50O14.C39H46O14/c1-18-14-24-30(32(46)29-23(31(24)45)12-11-13-25(29)44)33-28(18)34-37-42(47-10,54-33)40(17-48-40)41(55-34,56-37)21(4)51-26-15-39(8,9)36(20(3)49-26)53-27-16-38(6,7)35(19(2)50-27)52-22(5)43;1-16-10-9-11-21-25(16)29(41)27-22(28(21)40)12-17(2)26-30(27)51-39(45-8)34-31(26)52-38(53-34,37(39)15-46-37)20(5)49-23-14-36(7,44)33(19(4)48-23)50-24-13-35(6,43)32(42)18(3)47-24/h11-14,19-21,26-27,34-37,44H,15-17H2,1-10H3;9-12,18-20,23-24,31-34,42-44H,13-15H2,1-8H3/t19?,20?,21?,26?,27?,34?,35?,36?,37?,40?,41-,42?;18?,19?,20?,23?,24?,31?,32?,33?,34?,35?,36?,37?,38-,39?/m11/s1. The van der Waals surface area contributed by atoms with Crippen molar-refractivity contribution in [3.8, 4) is 17.2 Å². The first-order valence-electron chi connectivity index (χ1n) is 37.7. The van der Waals surface area contributed by atoms with Gasteiger partial charge in [-0.05, 0) is 116 Å².